The Bertz CT molecular complexity index is 361. The molecule has 0 spiro atoms. The predicted molar refractivity (Wildman–Crippen MR) is 86.5 cm³/mol. The van der Waals surface area contributed by atoms with E-state index in [-0.39, 0.29) is 0 Å². The Morgan fingerprint density at radius 2 is 2.20 bits per heavy atom. The van der Waals surface area contributed by atoms with Gasteiger partial charge in [0.15, 0.2) is 0 Å². The maximum absolute atomic E-state index is 5.07. The molecule has 1 fully saturated rings. The summed E-state index contributed by atoms with van der Waals surface area (Å²) < 4.78 is 5.07. The van der Waals surface area contributed by atoms with Gasteiger partial charge in [0.25, 0.3) is 0 Å². The zero-order valence-electron chi connectivity index (χ0n) is 12.4. The second kappa shape index (κ2) is 9.40. The fourth-order valence-corrected chi connectivity index (χ4v) is 3.57. The highest BCUT2D eigenvalue weighted by Crippen LogP contribution is 2.20. The van der Waals surface area contributed by atoms with Gasteiger partial charge in [0.05, 0.1) is 6.61 Å². The van der Waals surface area contributed by atoms with Crippen LogP contribution in [0.4, 0.5) is 0 Å². The smallest absolute Gasteiger partial charge is 0.0587 e. The van der Waals surface area contributed by atoms with Gasteiger partial charge in [0, 0.05) is 43.4 Å². The summed E-state index contributed by atoms with van der Waals surface area (Å²) in [6.45, 7) is 5.30. The van der Waals surface area contributed by atoms with E-state index in [0.29, 0.717) is 6.04 Å². The third kappa shape index (κ3) is 5.44. The summed E-state index contributed by atoms with van der Waals surface area (Å²) in [5.41, 5.74) is 0. The highest BCUT2D eigenvalue weighted by molar-refractivity contribution is 7.99. The minimum absolute atomic E-state index is 0.711. The van der Waals surface area contributed by atoms with E-state index in [1.807, 2.05) is 11.8 Å². The molecule has 112 valence electrons. The van der Waals surface area contributed by atoms with Gasteiger partial charge in [-0.2, -0.15) is 0 Å². The SMILES string of the molecule is COCCNCC1CCCN1CCSc1ccccc1. The van der Waals surface area contributed by atoms with Crippen LogP contribution in [0.5, 0.6) is 0 Å². The summed E-state index contributed by atoms with van der Waals surface area (Å²) >= 11 is 1.96. The van der Waals surface area contributed by atoms with Crippen molar-refractivity contribution in [2.24, 2.45) is 0 Å². The summed E-state index contributed by atoms with van der Waals surface area (Å²) in [4.78, 5) is 4.01. The molecule has 0 aromatic heterocycles. The quantitative estimate of drug-likeness (QED) is 0.558. The van der Waals surface area contributed by atoms with Crippen LogP contribution in [0.2, 0.25) is 0 Å². The van der Waals surface area contributed by atoms with E-state index in [4.69, 9.17) is 4.74 Å². The molecule has 1 heterocycles. The lowest BCUT2D eigenvalue weighted by Gasteiger charge is -2.24. The predicted octanol–water partition coefficient (Wildman–Crippen LogP) is 2.48. The highest BCUT2D eigenvalue weighted by Gasteiger charge is 2.23. The third-order valence-electron chi connectivity index (χ3n) is 3.75. The van der Waals surface area contributed by atoms with Gasteiger partial charge < -0.3 is 10.1 Å². The van der Waals surface area contributed by atoms with E-state index in [0.717, 1.165) is 19.7 Å². The van der Waals surface area contributed by atoms with Crippen LogP contribution in [-0.4, -0.2) is 56.6 Å². The number of rotatable bonds is 9. The molecular formula is C16H26N2OS. The standard InChI is InChI=1S/C16H26N2OS/c1-19-12-9-17-14-15-6-5-10-18(15)11-13-20-16-7-3-2-4-8-16/h2-4,7-8,15,17H,5-6,9-14H2,1H3. The molecule has 1 aromatic carbocycles. The molecular weight excluding hydrogens is 268 g/mol. The van der Waals surface area contributed by atoms with Gasteiger partial charge in [-0.3, -0.25) is 4.90 Å². The number of nitrogens with zero attached hydrogens (tertiary/aromatic N) is 1. The first-order valence-corrected chi connectivity index (χ1v) is 8.50. The topological polar surface area (TPSA) is 24.5 Å². The van der Waals surface area contributed by atoms with Gasteiger partial charge in [0.2, 0.25) is 0 Å². The first-order chi connectivity index (χ1) is 9.90. The van der Waals surface area contributed by atoms with Crippen molar-refractivity contribution in [3.63, 3.8) is 0 Å². The second-order valence-electron chi connectivity index (χ2n) is 5.19. The summed E-state index contributed by atoms with van der Waals surface area (Å²) in [7, 11) is 1.75. The van der Waals surface area contributed by atoms with E-state index >= 15 is 0 Å². The molecule has 1 unspecified atom stereocenters. The summed E-state index contributed by atoms with van der Waals surface area (Å²) in [5.74, 6) is 1.18. The summed E-state index contributed by atoms with van der Waals surface area (Å²) in [5, 5.41) is 3.49. The Balaban J connectivity index is 1.63. The van der Waals surface area contributed by atoms with Crippen molar-refractivity contribution in [3.8, 4) is 0 Å². The van der Waals surface area contributed by atoms with Crippen molar-refractivity contribution in [2.75, 3.05) is 45.6 Å². The van der Waals surface area contributed by atoms with Crippen molar-refractivity contribution in [1.29, 1.82) is 0 Å². The van der Waals surface area contributed by atoms with Crippen LogP contribution in [0.1, 0.15) is 12.8 Å². The van der Waals surface area contributed by atoms with Crippen LogP contribution in [0, 0.1) is 0 Å². The lowest BCUT2D eigenvalue weighted by atomic mass is 10.2. The number of hydrogen-bond donors (Lipinski definition) is 1. The maximum atomic E-state index is 5.07. The van der Waals surface area contributed by atoms with Gasteiger partial charge in [-0.25, -0.2) is 0 Å². The van der Waals surface area contributed by atoms with Gasteiger partial charge in [-0.1, -0.05) is 18.2 Å². The Kier molecular flexibility index (Phi) is 7.44. The number of methoxy groups -OCH3 is 1. The number of hydrogen-bond acceptors (Lipinski definition) is 4. The van der Waals surface area contributed by atoms with E-state index < -0.39 is 0 Å². The number of likely N-dealkylation sites (tertiary alicyclic amines) is 1. The molecule has 20 heavy (non-hydrogen) atoms. The minimum Gasteiger partial charge on any atom is -0.383 e. The third-order valence-corrected chi connectivity index (χ3v) is 4.74. The lowest BCUT2D eigenvalue weighted by molar-refractivity contribution is 0.193. The van der Waals surface area contributed by atoms with Crippen LogP contribution < -0.4 is 5.32 Å². The van der Waals surface area contributed by atoms with Gasteiger partial charge in [-0.15, -0.1) is 11.8 Å². The minimum atomic E-state index is 0.711. The maximum Gasteiger partial charge on any atom is 0.0587 e. The van der Waals surface area contributed by atoms with Crippen molar-refractivity contribution in [2.45, 2.75) is 23.8 Å². The fourth-order valence-electron chi connectivity index (χ4n) is 2.66. The van der Waals surface area contributed by atoms with Gasteiger partial charge >= 0.3 is 0 Å². The Morgan fingerprint density at radius 3 is 3.00 bits per heavy atom. The van der Waals surface area contributed by atoms with Crippen molar-refractivity contribution < 1.29 is 4.74 Å². The molecule has 0 aliphatic carbocycles. The van der Waals surface area contributed by atoms with E-state index in [1.165, 1.54) is 36.6 Å². The van der Waals surface area contributed by atoms with E-state index in [1.54, 1.807) is 7.11 Å². The van der Waals surface area contributed by atoms with Crippen LogP contribution in [0.3, 0.4) is 0 Å². The molecule has 1 saturated heterocycles. The molecule has 1 aliphatic heterocycles. The number of nitrogens with one attached hydrogen (secondary N) is 1. The van der Waals surface area contributed by atoms with Gasteiger partial charge in [-0.05, 0) is 31.5 Å². The zero-order chi connectivity index (χ0) is 14.0. The molecule has 0 radical (unpaired) electrons. The molecule has 2 rings (SSSR count). The Labute approximate surface area is 127 Å². The molecule has 1 atom stereocenters. The Morgan fingerprint density at radius 1 is 1.35 bits per heavy atom. The lowest BCUT2D eigenvalue weighted by Crippen LogP contribution is -2.39. The fraction of sp³-hybridized carbons (Fsp3) is 0.625. The normalized spacial score (nSPS) is 19.6. The Hall–Kier alpha value is -0.550. The summed E-state index contributed by atoms with van der Waals surface area (Å²) in [6, 6.07) is 11.4. The highest BCUT2D eigenvalue weighted by atomic mass is 32.2. The van der Waals surface area contributed by atoms with Crippen LogP contribution >= 0.6 is 11.8 Å². The monoisotopic (exact) mass is 294 g/mol. The summed E-state index contributed by atoms with van der Waals surface area (Å²) in [6.07, 6.45) is 2.67. The second-order valence-corrected chi connectivity index (χ2v) is 6.36. The average Bonchev–Trinajstić information content (AvgIpc) is 2.92. The zero-order valence-corrected chi connectivity index (χ0v) is 13.2. The molecule has 0 saturated carbocycles. The first kappa shape index (κ1) is 15.8. The van der Waals surface area contributed by atoms with Gasteiger partial charge in [0.1, 0.15) is 0 Å². The van der Waals surface area contributed by atoms with Crippen molar-refractivity contribution in [1.82, 2.24) is 10.2 Å². The van der Waals surface area contributed by atoms with Crippen molar-refractivity contribution in [3.05, 3.63) is 30.3 Å². The number of benzene rings is 1. The molecule has 4 heteroatoms. The first-order valence-electron chi connectivity index (χ1n) is 7.51. The number of ether oxygens (including phenoxy) is 1. The molecule has 3 nitrogen and oxygen atoms in total. The van der Waals surface area contributed by atoms with E-state index in [2.05, 4.69) is 40.5 Å². The van der Waals surface area contributed by atoms with Crippen LogP contribution in [0.15, 0.2) is 35.2 Å². The largest absolute Gasteiger partial charge is 0.383 e. The molecule has 0 amide bonds. The average molecular weight is 294 g/mol. The van der Waals surface area contributed by atoms with Crippen molar-refractivity contribution >= 4 is 11.8 Å². The molecule has 0 bridgehead atoms. The molecule has 1 aromatic rings. The van der Waals surface area contributed by atoms with Crippen LogP contribution in [0.25, 0.3) is 0 Å². The molecule has 1 aliphatic rings. The van der Waals surface area contributed by atoms with Crippen LogP contribution in [-0.2, 0) is 4.74 Å². The van der Waals surface area contributed by atoms with E-state index in [9.17, 15) is 0 Å². The number of thioether (sulfide) groups is 1. The molecule has 1 N–H and O–H groups in total.